The van der Waals surface area contributed by atoms with Crippen LogP contribution in [0.1, 0.15) is 50.1 Å². The van der Waals surface area contributed by atoms with Gasteiger partial charge in [0.15, 0.2) is 11.6 Å². The molecule has 2 atom stereocenters. The zero-order valence-electron chi connectivity index (χ0n) is 14.4. The van der Waals surface area contributed by atoms with E-state index in [2.05, 4.69) is 17.0 Å². The number of aromatic nitrogens is 2. The summed E-state index contributed by atoms with van der Waals surface area (Å²) in [7, 11) is 0. The number of ketones is 1. The van der Waals surface area contributed by atoms with Crippen molar-refractivity contribution >= 4 is 34.7 Å². The third-order valence-electron chi connectivity index (χ3n) is 5.80. The molecule has 2 aliphatic carbocycles. The van der Waals surface area contributed by atoms with E-state index in [4.69, 9.17) is 16.6 Å². The maximum absolute atomic E-state index is 13.5. The quantitative estimate of drug-likeness (QED) is 0.798. The van der Waals surface area contributed by atoms with Crippen molar-refractivity contribution in [3.8, 4) is 0 Å². The molecule has 26 heavy (non-hydrogen) atoms. The zero-order chi connectivity index (χ0) is 18.5. The highest BCUT2D eigenvalue weighted by Crippen LogP contribution is 2.43. The van der Waals surface area contributed by atoms with Crippen molar-refractivity contribution < 1.29 is 13.6 Å². The molecule has 4 rings (SSSR count). The number of nitrogens with zero attached hydrogens (tertiary/aromatic N) is 3. The van der Waals surface area contributed by atoms with Crippen LogP contribution in [0.4, 0.5) is 14.6 Å². The minimum atomic E-state index is -2.58. The van der Waals surface area contributed by atoms with E-state index in [-0.39, 0.29) is 42.4 Å². The number of fused-ring (bicyclic) bond motifs is 1. The fourth-order valence-electron chi connectivity index (χ4n) is 4.07. The van der Waals surface area contributed by atoms with Gasteiger partial charge in [-0.25, -0.2) is 18.5 Å². The molecule has 2 fully saturated rings. The SMILES string of the molecule is C=C1NC([C@@H]2CC[C@H]2C(=O)CCl)=Nc2c1cnn2C1CCC(F)(F)CC1. The fourth-order valence-corrected chi connectivity index (χ4v) is 4.27. The molecule has 1 aromatic heterocycles. The van der Waals surface area contributed by atoms with Gasteiger partial charge in [-0.05, 0) is 25.7 Å². The molecule has 8 heteroatoms. The molecular formula is C18H21ClF2N4O. The van der Waals surface area contributed by atoms with Crippen LogP contribution in [0.3, 0.4) is 0 Å². The van der Waals surface area contributed by atoms with E-state index >= 15 is 0 Å². The monoisotopic (exact) mass is 382 g/mol. The van der Waals surface area contributed by atoms with Crippen molar-refractivity contribution in [1.82, 2.24) is 15.1 Å². The normalized spacial score (nSPS) is 28.0. The van der Waals surface area contributed by atoms with Crippen molar-refractivity contribution in [3.63, 3.8) is 0 Å². The first-order chi connectivity index (χ1) is 12.4. The van der Waals surface area contributed by atoms with Crippen LogP contribution in [0.15, 0.2) is 17.8 Å². The van der Waals surface area contributed by atoms with E-state index < -0.39 is 5.92 Å². The molecule has 0 radical (unpaired) electrons. The van der Waals surface area contributed by atoms with Crippen molar-refractivity contribution in [2.45, 2.75) is 50.5 Å². The lowest BCUT2D eigenvalue weighted by molar-refractivity contribution is -0.124. The van der Waals surface area contributed by atoms with Gasteiger partial charge in [-0.1, -0.05) is 6.58 Å². The van der Waals surface area contributed by atoms with E-state index in [1.165, 1.54) is 0 Å². The Balaban J connectivity index is 1.61. The van der Waals surface area contributed by atoms with Gasteiger partial charge in [0.05, 0.1) is 23.7 Å². The van der Waals surface area contributed by atoms with E-state index in [0.29, 0.717) is 30.2 Å². The van der Waals surface area contributed by atoms with Gasteiger partial charge in [-0.2, -0.15) is 5.10 Å². The number of alkyl halides is 3. The Morgan fingerprint density at radius 3 is 2.69 bits per heavy atom. The van der Waals surface area contributed by atoms with Crippen LogP contribution >= 0.6 is 11.6 Å². The predicted molar refractivity (Wildman–Crippen MR) is 95.9 cm³/mol. The third-order valence-corrected chi connectivity index (χ3v) is 6.07. The number of halogens is 3. The maximum atomic E-state index is 13.5. The Kier molecular flexibility index (Phi) is 4.37. The second-order valence-corrected chi connectivity index (χ2v) is 7.67. The number of amidine groups is 1. The molecule has 1 N–H and O–H groups in total. The zero-order valence-corrected chi connectivity index (χ0v) is 15.1. The molecule has 3 aliphatic rings. The number of rotatable bonds is 4. The average Bonchev–Trinajstić information content (AvgIpc) is 2.98. The van der Waals surface area contributed by atoms with Gasteiger partial charge < -0.3 is 5.32 Å². The number of hydrogen-bond acceptors (Lipinski definition) is 4. The smallest absolute Gasteiger partial charge is 0.248 e. The second-order valence-electron chi connectivity index (χ2n) is 7.40. The Labute approximate surface area is 155 Å². The minimum absolute atomic E-state index is 0.00480. The molecular weight excluding hydrogens is 362 g/mol. The van der Waals surface area contributed by atoms with Gasteiger partial charge in [0.1, 0.15) is 5.84 Å². The number of carbonyl (C=O) groups is 1. The topological polar surface area (TPSA) is 59.3 Å². The van der Waals surface area contributed by atoms with Crippen LogP contribution < -0.4 is 5.32 Å². The van der Waals surface area contributed by atoms with Gasteiger partial charge in [-0.3, -0.25) is 4.79 Å². The summed E-state index contributed by atoms with van der Waals surface area (Å²) in [5.41, 5.74) is 1.46. The third kappa shape index (κ3) is 2.96. The molecule has 0 saturated heterocycles. The Morgan fingerprint density at radius 2 is 2.08 bits per heavy atom. The lowest BCUT2D eigenvalue weighted by Crippen LogP contribution is -2.44. The molecule has 1 aromatic rings. The highest BCUT2D eigenvalue weighted by Gasteiger charge is 2.41. The summed E-state index contributed by atoms with van der Waals surface area (Å²) in [6.07, 6.45) is 3.86. The van der Waals surface area contributed by atoms with Crippen LogP contribution in [0.2, 0.25) is 0 Å². The lowest BCUT2D eigenvalue weighted by atomic mass is 9.70. The Morgan fingerprint density at radius 1 is 1.35 bits per heavy atom. The predicted octanol–water partition coefficient (Wildman–Crippen LogP) is 4.07. The molecule has 0 spiro atoms. The van der Waals surface area contributed by atoms with Crippen molar-refractivity contribution in [3.05, 3.63) is 18.3 Å². The van der Waals surface area contributed by atoms with E-state index in [1.54, 1.807) is 10.9 Å². The number of carbonyl (C=O) groups excluding carboxylic acids is 1. The molecule has 1 aliphatic heterocycles. The molecule has 0 unspecified atom stereocenters. The van der Waals surface area contributed by atoms with Gasteiger partial charge in [0, 0.05) is 30.4 Å². The highest BCUT2D eigenvalue weighted by molar-refractivity contribution is 6.28. The van der Waals surface area contributed by atoms with Crippen molar-refractivity contribution in [2.75, 3.05) is 5.88 Å². The van der Waals surface area contributed by atoms with Crippen LogP contribution in [-0.2, 0) is 4.79 Å². The summed E-state index contributed by atoms with van der Waals surface area (Å²) >= 11 is 5.70. The molecule has 140 valence electrons. The molecule has 2 heterocycles. The van der Waals surface area contributed by atoms with Crippen LogP contribution in [0.5, 0.6) is 0 Å². The van der Waals surface area contributed by atoms with E-state index in [0.717, 1.165) is 18.4 Å². The van der Waals surface area contributed by atoms with Gasteiger partial charge in [0.2, 0.25) is 5.92 Å². The number of Topliss-reactive ketones (excluding diaryl/α,β-unsaturated/α-hetero) is 1. The molecule has 5 nitrogen and oxygen atoms in total. The first kappa shape index (κ1) is 17.6. The minimum Gasteiger partial charge on any atom is -0.343 e. The number of hydrogen-bond donors (Lipinski definition) is 1. The van der Waals surface area contributed by atoms with Gasteiger partial charge in [0.25, 0.3) is 0 Å². The summed E-state index contributed by atoms with van der Waals surface area (Å²) < 4.78 is 28.7. The fraction of sp³-hybridized carbons (Fsp3) is 0.611. The van der Waals surface area contributed by atoms with Crippen LogP contribution in [0.25, 0.3) is 5.70 Å². The first-order valence-corrected chi connectivity index (χ1v) is 9.52. The standard InChI is InChI=1S/C18H21ClF2N4O/c1-10-14-9-22-25(11-4-6-18(20,21)7-5-11)17(14)24-16(23-10)13-3-2-12(13)15(26)8-19/h9,11-13H,1-8H2,(H,23,24)/t12-,13-/m1/s1. The Hall–Kier alpha value is -1.76. The maximum Gasteiger partial charge on any atom is 0.248 e. The van der Waals surface area contributed by atoms with Gasteiger partial charge >= 0.3 is 0 Å². The highest BCUT2D eigenvalue weighted by atomic mass is 35.5. The van der Waals surface area contributed by atoms with E-state index in [9.17, 15) is 13.6 Å². The summed E-state index contributed by atoms with van der Waals surface area (Å²) in [6.45, 7) is 4.04. The van der Waals surface area contributed by atoms with E-state index in [1.807, 2.05) is 0 Å². The van der Waals surface area contributed by atoms with Gasteiger partial charge in [-0.15, -0.1) is 11.6 Å². The van der Waals surface area contributed by atoms with Crippen molar-refractivity contribution in [2.24, 2.45) is 16.8 Å². The molecule has 0 bridgehead atoms. The van der Waals surface area contributed by atoms with Crippen LogP contribution in [0, 0.1) is 11.8 Å². The summed E-state index contributed by atoms with van der Waals surface area (Å²) in [4.78, 5) is 16.7. The summed E-state index contributed by atoms with van der Waals surface area (Å²) in [5, 5.41) is 7.60. The Bertz CT molecular complexity index is 778. The largest absolute Gasteiger partial charge is 0.343 e. The summed E-state index contributed by atoms with van der Waals surface area (Å²) in [5.74, 6) is -1.28. The number of aliphatic imine (C=N–C) groups is 1. The van der Waals surface area contributed by atoms with Crippen molar-refractivity contribution in [1.29, 1.82) is 0 Å². The lowest BCUT2D eigenvalue weighted by Gasteiger charge is -2.37. The molecule has 0 amide bonds. The molecule has 2 saturated carbocycles. The molecule has 0 aromatic carbocycles. The first-order valence-electron chi connectivity index (χ1n) is 8.98. The average molecular weight is 383 g/mol. The second kappa shape index (κ2) is 6.44. The summed E-state index contributed by atoms with van der Waals surface area (Å²) in [6, 6.07) is -0.0871. The number of nitrogens with one attached hydrogen (secondary N) is 1. The van der Waals surface area contributed by atoms with Crippen LogP contribution in [-0.4, -0.2) is 33.2 Å².